The maximum atomic E-state index is 12.6. The molecular weight excluding hydrogens is 386 g/mol. The predicted octanol–water partition coefficient (Wildman–Crippen LogP) is 1.54. The average Bonchev–Trinajstić information content (AvgIpc) is 3.02. The Labute approximate surface area is 152 Å². The molecule has 130 valence electrons. The number of halogens is 1. The fraction of sp³-hybridized carbons (Fsp3) is 0.294. The van der Waals surface area contributed by atoms with Crippen LogP contribution in [0.25, 0.3) is 11.0 Å². The molecule has 0 bridgehead atoms. The number of carbonyl (C=O) groups excluding carboxylic acids is 1. The van der Waals surface area contributed by atoms with Gasteiger partial charge in [-0.05, 0) is 5.56 Å². The summed E-state index contributed by atoms with van der Waals surface area (Å²) in [6.45, 7) is 1.38. The lowest BCUT2D eigenvalue weighted by Gasteiger charge is -2.07. The monoisotopic (exact) mass is 403 g/mol. The van der Waals surface area contributed by atoms with Crippen molar-refractivity contribution in [1.82, 2.24) is 24.6 Å². The Morgan fingerprint density at radius 3 is 2.80 bits per heavy atom. The zero-order valence-electron chi connectivity index (χ0n) is 13.6. The van der Waals surface area contributed by atoms with Crippen molar-refractivity contribution in [2.75, 3.05) is 11.9 Å². The second-order valence-corrected chi connectivity index (χ2v) is 6.35. The first kappa shape index (κ1) is 17.3. The first-order valence-electron chi connectivity index (χ1n) is 7.96. The van der Waals surface area contributed by atoms with Gasteiger partial charge in [0.1, 0.15) is 11.7 Å². The largest absolute Gasteiger partial charge is 0.354 e. The van der Waals surface area contributed by atoms with Crippen LogP contribution in [0.1, 0.15) is 12.0 Å². The maximum Gasteiger partial charge on any atom is 0.264 e. The number of aromatic nitrogens is 4. The van der Waals surface area contributed by atoms with E-state index in [1.807, 2.05) is 30.3 Å². The number of amides is 1. The fourth-order valence-electron chi connectivity index (χ4n) is 2.53. The summed E-state index contributed by atoms with van der Waals surface area (Å²) in [5, 5.41) is 8.14. The van der Waals surface area contributed by atoms with Crippen LogP contribution in [0.15, 0.2) is 47.7 Å². The maximum absolute atomic E-state index is 12.6. The van der Waals surface area contributed by atoms with Crippen LogP contribution in [0.3, 0.4) is 0 Å². The van der Waals surface area contributed by atoms with E-state index in [9.17, 15) is 9.59 Å². The molecule has 3 aromatic rings. The quantitative estimate of drug-likeness (QED) is 0.606. The van der Waals surface area contributed by atoms with E-state index >= 15 is 0 Å². The molecule has 0 aliphatic carbocycles. The van der Waals surface area contributed by atoms with E-state index in [2.05, 4.69) is 31.3 Å². The van der Waals surface area contributed by atoms with E-state index < -0.39 is 0 Å². The van der Waals surface area contributed by atoms with Gasteiger partial charge in [-0.2, -0.15) is 5.10 Å². The molecular formula is C17H18BrN5O2. The number of rotatable bonds is 7. The average molecular weight is 404 g/mol. The molecule has 2 heterocycles. The van der Waals surface area contributed by atoms with E-state index in [4.69, 9.17) is 0 Å². The molecule has 7 nitrogen and oxygen atoms in total. The highest BCUT2D eigenvalue weighted by Crippen LogP contribution is 2.07. The van der Waals surface area contributed by atoms with E-state index in [-0.39, 0.29) is 11.5 Å². The standard InChI is InChI=1S/C17H18BrN5O2/c18-7-6-15(24)19-8-9-23-16-14(10-21-23)17(25)22(12-20-16)11-13-4-2-1-3-5-13/h1-5,10,12H,6-9,11H2,(H,19,24). The summed E-state index contributed by atoms with van der Waals surface area (Å²) in [6.07, 6.45) is 3.51. The van der Waals surface area contributed by atoms with Crippen molar-refractivity contribution in [3.8, 4) is 0 Å². The van der Waals surface area contributed by atoms with Gasteiger partial charge in [0.2, 0.25) is 5.91 Å². The highest BCUT2D eigenvalue weighted by atomic mass is 79.9. The third kappa shape index (κ3) is 4.14. The SMILES string of the molecule is O=C(CCBr)NCCn1ncc2c(=O)n(Cc3ccccc3)cnc21. The molecule has 1 N–H and O–H groups in total. The molecule has 0 saturated heterocycles. The van der Waals surface area contributed by atoms with Gasteiger partial charge in [-0.15, -0.1) is 0 Å². The smallest absolute Gasteiger partial charge is 0.264 e. The summed E-state index contributed by atoms with van der Waals surface area (Å²) < 4.78 is 3.21. The first-order valence-corrected chi connectivity index (χ1v) is 9.08. The molecule has 2 aromatic heterocycles. The van der Waals surface area contributed by atoms with Gasteiger partial charge in [0.05, 0.1) is 19.3 Å². The number of hydrogen-bond donors (Lipinski definition) is 1. The van der Waals surface area contributed by atoms with Crippen LogP contribution in [0.5, 0.6) is 0 Å². The van der Waals surface area contributed by atoms with Crippen molar-refractivity contribution in [1.29, 1.82) is 0 Å². The molecule has 0 atom stereocenters. The lowest BCUT2D eigenvalue weighted by molar-refractivity contribution is -0.120. The molecule has 1 aromatic carbocycles. The van der Waals surface area contributed by atoms with Crippen LogP contribution >= 0.6 is 15.9 Å². The van der Waals surface area contributed by atoms with E-state index in [1.54, 1.807) is 15.6 Å². The topological polar surface area (TPSA) is 81.8 Å². The lowest BCUT2D eigenvalue weighted by Crippen LogP contribution is -2.27. The van der Waals surface area contributed by atoms with Crippen LogP contribution in [0.4, 0.5) is 0 Å². The molecule has 0 unspecified atom stereocenters. The molecule has 8 heteroatoms. The first-order chi connectivity index (χ1) is 12.2. The van der Waals surface area contributed by atoms with E-state index in [0.29, 0.717) is 42.4 Å². The normalized spacial score (nSPS) is 10.9. The Kier molecular flexibility index (Phi) is 5.60. The van der Waals surface area contributed by atoms with Gasteiger partial charge in [0.15, 0.2) is 5.65 Å². The zero-order valence-corrected chi connectivity index (χ0v) is 15.1. The van der Waals surface area contributed by atoms with Crippen molar-refractivity contribution < 1.29 is 4.79 Å². The van der Waals surface area contributed by atoms with Crippen LogP contribution in [0, 0.1) is 0 Å². The molecule has 0 spiro atoms. The second-order valence-electron chi connectivity index (χ2n) is 5.56. The predicted molar refractivity (Wildman–Crippen MR) is 98.8 cm³/mol. The summed E-state index contributed by atoms with van der Waals surface area (Å²) in [5.74, 6) is -0.0217. The lowest BCUT2D eigenvalue weighted by atomic mass is 10.2. The van der Waals surface area contributed by atoms with Gasteiger partial charge in [-0.1, -0.05) is 46.3 Å². The number of carbonyl (C=O) groups is 1. The molecule has 0 fully saturated rings. The van der Waals surface area contributed by atoms with Crippen molar-refractivity contribution in [2.45, 2.75) is 19.5 Å². The van der Waals surface area contributed by atoms with Crippen LogP contribution in [-0.2, 0) is 17.9 Å². The zero-order chi connectivity index (χ0) is 17.6. The molecule has 0 radical (unpaired) electrons. The van der Waals surface area contributed by atoms with Crippen molar-refractivity contribution in [3.63, 3.8) is 0 Å². The van der Waals surface area contributed by atoms with E-state index in [0.717, 1.165) is 5.56 Å². The number of benzene rings is 1. The molecule has 0 aliphatic heterocycles. The number of hydrogen-bond acceptors (Lipinski definition) is 4. The third-order valence-corrected chi connectivity index (χ3v) is 4.18. The Balaban J connectivity index is 1.75. The van der Waals surface area contributed by atoms with Gasteiger partial charge >= 0.3 is 0 Å². The summed E-state index contributed by atoms with van der Waals surface area (Å²) in [7, 11) is 0. The van der Waals surface area contributed by atoms with Gasteiger partial charge in [0.25, 0.3) is 5.56 Å². The fourth-order valence-corrected chi connectivity index (χ4v) is 2.89. The van der Waals surface area contributed by atoms with Crippen molar-refractivity contribution >= 4 is 32.9 Å². The number of nitrogens with one attached hydrogen (secondary N) is 1. The Morgan fingerprint density at radius 2 is 2.04 bits per heavy atom. The molecule has 0 saturated carbocycles. The summed E-state index contributed by atoms with van der Waals surface area (Å²) in [4.78, 5) is 28.5. The number of nitrogens with zero attached hydrogens (tertiary/aromatic N) is 4. The van der Waals surface area contributed by atoms with Crippen molar-refractivity contribution in [3.05, 3.63) is 58.8 Å². The van der Waals surface area contributed by atoms with Gasteiger partial charge in [-0.3, -0.25) is 14.2 Å². The molecule has 1 amide bonds. The van der Waals surface area contributed by atoms with Crippen LogP contribution in [0.2, 0.25) is 0 Å². The summed E-state index contributed by atoms with van der Waals surface area (Å²) in [5.41, 5.74) is 1.44. The Morgan fingerprint density at radius 1 is 1.24 bits per heavy atom. The van der Waals surface area contributed by atoms with Crippen molar-refractivity contribution in [2.24, 2.45) is 0 Å². The Bertz CT molecular complexity index is 920. The number of alkyl halides is 1. The van der Waals surface area contributed by atoms with Gasteiger partial charge in [-0.25, -0.2) is 9.67 Å². The van der Waals surface area contributed by atoms with Gasteiger partial charge < -0.3 is 5.32 Å². The molecule has 3 rings (SSSR count). The highest BCUT2D eigenvalue weighted by molar-refractivity contribution is 9.09. The Hall–Kier alpha value is -2.48. The molecule has 25 heavy (non-hydrogen) atoms. The summed E-state index contributed by atoms with van der Waals surface area (Å²) >= 11 is 3.23. The van der Waals surface area contributed by atoms with Gasteiger partial charge in [0, 0.05) is 18.3 Å². The van der Waals surface area contributed by atoms with Crippen LogP contribution < -0.4 is 10.9 Å². The minimum Gasteiger partial charge on any atom is -0.354 e. The van der Waals surface area contributed by atoms with Crippen LogP contribution in [-0.4, -0.2) is 37.1 Å². The minimum absolute atomic E-state index is 0.0217. The minimum atomic E-state index is -0.122. The molecule has 0 aliphatic rings. The van der Waals surface area contributed by atoms with E-state index in [1.165, 1.54) is 6.20 Å². The second kappa shape index (κ2) is 8.06. The summed E-state index contributed by atoms with van der Waals surface area (Å²) in [6, 6.07) is 9.75. The third-order valence-electron chi connectivity index (χ3n) is 3.79. The highest BCUT2D eigenvalue weighted by Gasteiger charge is 2.10. The number of fused-ring (bicyclic) bond motifs is 1.